The Morgan fingerprint density at radius 1 is 1.16 bits per heavy atom. The topological polar surface area (TPSA) is 42.8 Å². The van der Waals surface area contributed by atoms with Crippen LogP contribution in [0.4, 0.5) is 0 Å². The Labute approximate surface area is 151 Å². The van der Waals surface area contributed by atoms with Crippen molar-refractivity contribution in [1.29, 1.82) is 0 Å². The van der Waals surface area contributed by atoms with Crippen LogP contribution in [0, 0.1) is 20.8 Å². The Bertz CT molecular complexity index is 989. The number of rotatable bonds is 5. The van der Waals surface area contributed by atoms with E-state index in [0.29, 0.717) is 6.54 Å². The van der Waals surface area contributed by atoms with Gasteiger partial charge in [0.1, 0.15) is 11.5 Å². The van der Waals surface area contributed by atoms with Crippen molar-refractivity contribution in [3.8, 4) is 11.3 Å². The molecule has 0 spiro atoms. The second kappa shape index (κ2) is 7.49. The number of aryl methyl sites for hydroxylation is 3. The van der Waals surface area contributed by atoms with Gasteiger partial charge in [0, 0.05) is 10.9 Å². The summed E-state index contributed by atoms with van der Waals surface area (Å²) < 4.78 is 7.43. The van der Waals surface area contributed by atoms with Crippen LogP contribution in [0.3, 0.4) is 0 Å². The van der Waals surface area contributed by atoms with E-state index in [1.807, 2.05) is 23.7 Å². The Hall–Kier alpha value is -2.66. The van der Waals surface area contributed by atoms with Gasteiger partial charge in [0.2, 0.25) is 4.80 Å². The van der Waals surface area contributed by atoms with Crippen molar-refractivity contribution in [3.05, 3.63) is 75.8 Å². The molecule has 0 saturated heterocycles. The lowest BCUT2D eigenvalue weighted by Crippen LogP contribution is -2.12. The van der Waals surface area contributed by atoms with Crippen LogP contribution in [0.5, 0.6) is 0 Å². The molecule has 3 rings (SSSR count). The first-order chi connectivity index (χ1) is 12.1. The fourth-order valence-electron chi connectivity index (χ4n) is 2.40. The zero-order valence-electron chi connectivity index (χ0n) is 14.7. The van der Waals surface area contributed by atoms with Crippen LogP contribution in [-0.4, -0.2) is 17.4 Å². The number of hydrogen-bond donors (Lipinski definition) is 0. The molecule has 0 atom stereocenters. The first kappa shape index (κ1) is 17.2. The van der Waals surface area contributed by atoms with Crippen molar-refractivity contribution in [1.82, 2.24) is 4.68 Å². The molecular formula is C20H21N3OS. The van der Waals surface area contributed by atoms with E-state index in [1.54, 1.807) is 23.6 Å². The van der Waals surface area contributed by atoms with Gasteiger partial charge >= 0.3 is 0 Å². The molecule has 4 nitrogen and oxygen atoms in total. The fraction of sp³-hybridized carbons (Fsp3) is 0.200. The van der Waals surface area contributed by atoms with E-state index in [9.17, 15) is 0 Å². The molecule has 5 heteroatoms. The quantitative estimate of drug-likeness (QED) is 0.485. The molecule has 0 radical (unpaired) electrons. The van der Waals surface area contributed by atoms with Gasteiger partial charge in [-0.15, -0.1) is 17.9 Å². The lowest BCUT2D eigenvalue weighted by molar-refractivity contribution is 0.527. The summed E-state index contributed by atoms with van der Waals surface area (Å²) >= 11 is 1.57. The van der Waals surface area contributed by atoms with E-state index in [0.717, 1.165) is 27.6 Å². The van der Waals surface area contributed by atoms with Crippen molar-refractivity contribution >= 4 is 17.6 Å². The molecule has 128 valence electrons. The van der Waals surface area contributed by atoms with Gasteiger partial charge in [-0.2, -0.15) is 5.10 Å². The molecule has 0 aliphatic heterocycles. The third-order valence-corrected chi connectivity index (χ3v) is 4.76. The maximum Gasteiger partial charge on any atom is 0.206 e. The Morgan fingerprint density at radius 3 is 2.68 bits per heavy atom. The van der Waals surface area contributed by atoms with Gasteiger partial charge < -0.3 is 4.42 Å². The molecule has 25 heavy (non-hydrogen) atoms. The van der Waals surface area contributed by atoms with E-state index < -0.39 is 0 Å². The van der Waals surface area contributed by atoms with Gasteiger partial charge in [0.25, 0.3) is 0 Å². The Balaban J connectivity index is 2.09. The number of aromatic nitrogens is 1. The Kier molecular flexibility index (Phi) is 5.14. The summed E-state index contributed by atoms with van der Waals surface area (Å²) in [5.74, 6) is 1.58. The third kappa shape index (κ3) is 3.88. The molecule has 3 aromatic rings. The summed E-state index contributed by atoms with van der Waals surface area (Å²) in [6.45, 7) is 10.4. The van der Waals surface area contributed by atoms with Gasteiger partial charge in [-0.3, -0.25) is 4.99 Å². The first-order valence-corrected chi connectivity index (χ1v) is 8.97. The van der Waals surface area contributed by atoms with Crippen molar-refractivity contribution in [3.63, 3.8) is 0 Å². The summed E-state index contributed by atoms with van der Waals surface area (Å²) in [6.07, 6.45) is 3.50. The molecule has 0 unspecified atom stereocenters. The van der Waals surface area contributed by atoms with Crippen molar-refractivity contribution in [2.45, 2.75) is 20.8 Å². The number of benzene rings is 1. The molecule has 1 aromatic carbocycles. The maximum absolute atomic E-state index is 5.58. The summed E-state index contributed by atoms with van der Waals surface area (Å²) in [6, 6.07) is 10.3. The highest BCUT2D eigenvalue weighted by atomic mass is 32.1. The normalized spacial score (nSPS) is 12.2. The van der Waals surface area contributed by atoms with E-state index in [-0.39, 0.29) is 0 Å². The molecule has 0 N–H and O–H groups in total. The lowest BCUT2D eigenvalue weighted by atomic mass is 10.1. The fourth-order valence-corrected chi connectivity index (χ4v) is 3.25. The number of nitrogens with zero attached hydrogens (tertiary/aromatic N) is 3. The van der Waals surface area contributed by atoms with E-state index >= 15 is 0 Å². The summed E-state index contributed by atoms with van der Waals surface area (Å²) in [4.78, 5) is 5.37. The summed E-state index contributed by atoms with van der Waals surface area (Å²) in [5, 5.41) is 6.69. The van der Waals surface area contributed by atoms with Crippen LogP contribution >= 0.6 is 11.3 Å². The standard InChI is InChI=1S/C20H21N3OS/c1-5-10-21-20-23(22-12-18-9-7-16(4)24-18)19(13-25-20)17-8-6-14(2)15(3)11-17/h5-9,11-13H,1,10H2,2-4H3. The second-order valence-electron chi connectivity index (χ2n) is 5.84. The van der Waals surface area contributed by atoms with Crippen LogP contribution < -0.4 is 4.80 Å². The first-order valence-electron chi connectivity index (χ1n) is 8.09. The third-order valence-electron chi connectivity index (χ3n) is 3.91. The minimum absolute atomic E-state index is 0.558. The van der Waals surface area contributed by atoms with Crippen molar-refractivity contribution in [2.75, 3.05) is 6.54 Å². The minimum atomic E-state index is 0.558. The second-order valence-corrected chi connectivity index (χ2v) is 6.67. The predicted octanol–water partition coefficient (Wildman–Crippen LogP) is 4.70. The SMILES string of the molecule is C=CCN=c1scc(-c2ccc(C)c(C)c2)n1N=Cc1ccc(C)o1. The van der Waals surface area contributed by atoms with Crippen LogP contribution in [-0.2, 0) is 0 Å². The molecule has 2 heterocycles. The number of thiazole rings is 1. The average Bonchev–Trinajstić information content (AvgIpc) is 3.19. The predicted molar refractivity (Wildman–Crippen MR) is 104 cm³/mol. The number of furan rings is 1. The highest BCUT2D eigenvalue weighted by Gasteiger charge is 2.08. The molecule has 2 aromatic heterocycles. The number of hydrogen-bond acceptors (Lipinski definition) is 4. The molecule has 0 saturated carbocycles. The lowest BCUT2D eigenvalue weighted by Gasteiger charge is -2.06. The monoisotopic (exact) mass is 351 g/mol. The van der Waals surface area contributed by atoms with Crippen molar-refractivity contribution < 1.29 is 4.42 Å². The van der Waals surface area contributed by atoms with E-state index in [4.69, 9.17) is 4.42 Å². The van der Waals surface area contributed by atoms with Gasteiger partial charge in [-0.25, -0.2) is 4.68 Å². The molecular weight excluding hydrogens is 330 g/mol. The van der Waals surface area contributed by atoms with Gasteiger partial charge in [0.15, 0.2) is 0 Å². The minimum Gasteiger partial charge on any atom is -0.460 e. The van der Waals surface area contributed by atoms with Gasteiger partial charge in [-0.1, -0.05) is 18.2 Å². The Morgan fingerprint density at radius 2 is 2.00 bits per heavy atom. The van der Waals surface area contributed by atoms with E-state index in [2.05, 4.69) is 54.1 Å². The molecule has 0 amide bonds. The maximum atomic E-state index is 5.58. The summed E-state index contributed by atoms with van der Waals surface area (Å²) in [5.41, 5.74) is 4.66. The summed E-state index contributed by atoms with van der Waals surface area (Å²) in [7, 11) is 0. The van der Waals surface area contributed by atoms with Gasteiger partial charge in [-0.05, 0) is 50.1 Å². The molecule has 0 aliphatic rings. The van der Waals surface area contributed by atoms with Crippen LogP contribution in [0.15, 0.2) is 62.9 Å². The highest BCUT2D eigenvalue weighted by Crippen LogP contribution is 2.23. The average molecular weight is 351 g/mol. The molecule has 0 aliphatic carbocycles. The van der Waals surface area contributed by atoms with Crippen LogP contribution in [0.25, 0.3) is 11.3 Å². The van der Waals surface area contributed by atoms with Crippen molar-refractivity contribution in [2.24, 2.45) is 10.1 Å². The molecule has 0 bridgehead atoms. The molecule has 0 fully saturated rings. The zero-order valence-corrected chi connectivity index (χ0v) is 15.5. The van der Waals surface area contributed by atoms with Crippen LogP contribution in [0.1, 0.15) is 22.6 Å². The highest BCUT2D eigenvalue weighted by molar-refractivity contribution is 7.07. The smallest absolute Gasteiger partial charge is 0.206 e. The zero-order chi connectivity index (χ0) is 17.8. The van der Waals surface area contributed by atoms with Gasteiger partial charge in [0.05, 0.1) is 18.5 Å². The van der Waals surface area contributed by atoms with E-state index in [1.165, 1.54) is 11.1 Å². The van der Waals surface area contributed by atoms with Crippen LogP contribution in [0.2, 0.25) is 0 Å². The largest absolute Gasteiger partial charge is 0.460 e.